The molecule has 0 radical (unpaired) electrons. The van der Waals surface area contributed by atoms with Gasteiger partial charge in [-0.1, -0.05) is 17.7 Å². The van der Waals surface area contributed by atoms with Gasteiger partial charge < -0.3 is 5.73 Å². The van der Waals surface area contributed by atoms with Crippen LogP contribution in [0.2, 0.25) is 5.02 Å². The zero-order valence-corrected chi connectivity index (χ0v) is 14.0. The highest BCUT2D eigenvalue weighted by atomic mass is 35.5. The van der Waals surface area contributed by atoms with Crippen molar-refractivity contribution < 1.29 is 30.8 Å². The number of hydrazine groups is 1. The Morgan fingerprint density at radius 2 is 1.92 bits per heavy atom. The number of aromatic nitrogens is 1. The Bertz CT molecular complexity index is 953. The zero-order chi connectivity index (χ0) is 19.7. The lowest BCUT2D eigenvalue weighted by Crippen LogP contribution is -2.44. The fraction of sp³-hybridized carbons (Fsp3) is 0.0769. The third-order valence-corrected chi connectivity index (χ3v) is 4.80. The molecule has 140 valence electrons. The minimum absolute atomic E-state index is 0.122. The molecule has 2 rings (SSSR count). The van der Waals surface area contributed by atoms with Crippen LogP contribution < -0.4 is 11.2 Å². The van der Waals surface area contributed by atoms with E-state index in [1.165, 1.54) is 0 Å². The molecule has 13 heteroatoms. The predicted molar refractivity (Wildman–Crippen MR) is 82.9 cm³/mol. The topological polar surface area (TPSA) is 105 Å². The number of carbonyl (C=O) groups excluding carboxylic acids is 1. The van der Waals surface area contributed by atoms with Crippen LogP contribution in [0.3, 0.4) is 0 Å². The highest BCUT2D eigenvalue weighted by Crippen LogP contribution is 2.32. The number of hydrogen-bond acceptors (Lipinski definition) is 5. The third kappa shape index (κ3) is 4.14. The van der Waals surface area contributed by atoms with E-state index in [0.717, 1.165) is 18.2 Å². The number of benzene rings is 1. The highest BCUT2D eigenvalue weighted by molar-refractivity contribution is 7.89. The number of amides is 2. The maximum atomic E-state index is 13.2. The van der Waals surface area contributed by atoms with Gasteiger partial charge in [0.25, 0.3) is 10.0 Å². The fourth-order valence-corrected chi connectivity index (χ4v) is 3.11. The first-order valence-corrected chi connectivity index (χ1v) is 8.34. The number of sulfonamides is 1. The molecule has 26 heavy (non-hydrogen) atoms. The van der Waals surface area contributed by atoms with Gasteiger partial charge >= 0.3 is 12.2 Å². The molecular formula is C13H9ClF4N4O3S. The molecule has 0 aliphatic carbocycles. The number of primary amides is 1. The van der Waals surface area contributed by atoms with Gasteiger partial charge in [0.2, 0.25) is 0 Å². The van der Waals surface area contributed by atoms with Crippen LogP contribution in [-0.4, -0.2) is 23.8 Å². The maximum Gasteiger partial charge on any atom is 0.417 e. The van der Waals surface area contributed by atoms with Gasteiger partial charge in [-0.2, -0.15) is 21.6 Å². The van der Waals surface area contributed by atoms with E-state index in [2.05, 4.69) is 4.98 Å². The smallest absolute Gasteiger partial charge is 0.349 e. The van der Waals surface area contributed by atoms with Crippen molar-refractivity contribution in [2.75, 3.05) is 5.43 Å². The predicted octanol–water partition coefficient (Wildman–Crippen LogP) is 2.99. The molecule has 0 saturated heterocycles. The Kier molecular flexibility index (Phi) is 5.28. The number of urea groups is 1. The van der Waals surface area contributed by atoms with Crippen LogP contribution in [0.15, 0.2) is 41.4 Å². The number of alkyl halides is 3. The van der Waals surface area contributed by atoms with E-state index in [-0.39, 0.29) is 4.41 Å². The Balaban J connectivity index is 2.42. The number of hydrogen-bond donors (Lipinski definition) is 2. The summed E-state index contributed by atoms with van der Waals surface area (Å²) in [7, 11) is -4.69. The average molecular weight is 413 g/mol. The number of halogens is 5. The summed E-state index contributed by atoms with van der Waals surface area (Å²) in [6.45, 7) is 0. The van der Waals surface area contributed by atoms with Crippen LogP contribution in [-0.2, 0) is 16.2 Å². The second-order valence-corrected chi connectivity index (χ2v) is 6.92. The maximum absolute atomic E-state index is 13.2. The highest BCUT2D eigenvalue weighted by Gasteiger charge is 2.33. The SMILES string of the molecule is NC(=O)N(Nc1ncc(C(F)(F)F)cc1Cl)S(=O)(=O)c1cccc(F)c1. The van der Waals surface area contributed by atoms with Crippen LogP contribution in [0.5, 0.6) is 0 Å². The molecule has 0 spiro atoms. The van der Waals surface area contributed by atoms with Crippen LogP contribution in [0, 0.1) is 5.82 Å². The van der Waals surface area contributed by atoms with Crippen LogP contribution in [0.1, 0.15) is 5.56 Å². The Labute approximate surface area is 149 Å². The van der Waals surface area contributed by atoms with E-state index >= 15 is 0 Å². The number of rotatable bonds is 4. The average Bonchev–Trinajstić information content (AvgIpc) is 2.52. The second kappa shape index (κ2) is 6.96. The third-order valence-electron chi connectivity index (χ3n) is 2.91. The molecule has 0 unspecified atom stereocenters. The van der Waals surface area contributed by atoms with Crippen molar-refractivity contribution in [1.29, 1.82) is 0 Å². The number of nitrogens with two attached hydrogens (primary N) is 1. The minimum Gasteiger partial charge on any atom is -0.349 e. The first kappa shape index (κ1) is 19.7. The number of nitrogens with one attached hydrogen (secondary N) is 1. The summed E-state index contributed by atoms with van der Waals surface area (Å²) >= 11 is 5.65. The molecule has 0 bridgehead atoms. The monoisotopic (exact) mass is 412 g/mol. The number of nitrogens with zero attached hydrogens (tertiary/aromatic N) is 2. The summed E-state index contributed by atoms with van der Waals surface area (Å²) in [6, 6.07) is 2.57. The van der Waals surface area contributed by atoms with Crippen LogP contribution >= 0.6 is 11.6 Å². The van der Waals surface area contributed by atoms with Crippen molar-refractivity contribution in [2.45, 2.75) is 11.1 Å². The molecule has 0 saturated carbocycles. The van der Waals surface area contributed by atoms with Crippen LogP contribution in [0.4, 0.5) is 28.2 Å². The van der Waals surface area contributed by atoms with E-state index in [1.807, 2.05) is 5.43 Å². The van der Waals surface area contributed by atoms with E-state index in [1.54, 1.807) is 0 Å². The lowest BCUT2D eigenvalue weighted by atomic mass is 10.3. The summed E-state index contributed by atoms with van der Waals surface area (Å²) in [6.07, 6.45) is -4.35. The van der Waals surface area contributed by atoms with Gasteiger partial charge in [0.1, 0.15) is 5.82 Å². The molecule has 2 amide bonds. The van der Waals surface area contributed by atoms with Gasteiger partial charge in [0.15, 0.2) is 5.82 Å². The fourth-order valence-electron chi connectivity index (χ4n) is 1.74. The van der Waals surface area contributed by atoms with E-state index in [0.29, 0.717) is 18.3 Å². The van der Waals surface area contributed by atoms with Crippen molar-refractivity contribution in [3.8, 4) is 0 Å². The van der Waals surface area contributed by atoms with Crippen LogP contribution in [0.25, 0.3) is 0 Å². The summed E-state index contributed by atoms with van der Waals surface area (Å²) in [5.74, 6) is -1.49. The summed E-state index contributed by atoms with van der Waals surface area (Å²) < 4.78 is 75.8. The molecule has 7 nitrogen and oxygen atoms in total. The first-order chi connectivity index (χ1) is 11.9. The van der Waals surface area contributed by atoms with Crippen molar-refractivity contribution in [3.05, 3.63) is 52.9 Å². The van der Waals surface area contributed by atoms with Gasteiger partial charge in [0, 0.05) is 6.20 Å². The lowest BCUT2D eigenvalue weighted by molar-refractivity contribution is -0.137. The van der Waals surface area contributed by atoms with Gasteiger partial charge in [0.05, 0.1) is 15.5 Å². The van der Waals surface area contributed by atoms with E-state index in [9.17, 15) is 30.8 Å². The number of pyridine rings is 1. The van der Waals surface area contributed by atoms with Crippen molar-refractivity contribution >= 4 is 33.5 Å². The molecule has 1 heterocycles. The molecule has 1 aromatic carbocycles. The summed E-state index contributed by atoms with van der Waals surface area (Å²) in [5, 5.41) is -0.625. The molecule has 2 aromatic rings. The molecule has 0 fully saturated rings. The standard InChI is InChI=1S/C13H9ClF4N4O3S/c14-10-4-7(13(16,17)18)6-20-11(10)21-22(12(19)23)26(24,25)9-3-1-2-8(15)5-9/h1-6H,(H2,19,23)(H,20,21). The lowest BCUT2D eigenvalue weighted by Gasteiger charge is -2.22. The largest absolute Gasteiger partial charge is 0.417 e. The van der Waals surface area contributed by atoms with E-state index < -0.39 is 49.3 Å². The number of anilines is 1. The Morgan fingerprint density at radius 3 is 2.42 bits per heavy atom. The van der Waals surface area contributed by atoms with Gasteiger partial charge in [-0.25, -0.2) is 14.2 Å². The quantitative estimate of drug-likeness (QED) is 0.593. The minimum atomic E-state index is -4.73. The molecular weight excluding hydrogens is 404 g/mol. The second-order valence-electron chi connectivity index (χ2n) is 4.73. The Hall–Kier alpha value is -2.60. The number of carbonyl (C=O) groups is 1. The molecule has 1 aromatic heterocycles. The van der Waals surface area contributed by atoms with Gasteiger partial charge in [-0.3, -0.25) is 5.43 Å². The Morgan fingerprint density at radius 1 is 1.27 bits per heavy atom. The van der Waals surface area contributed by atoms with Gasteiger partial charge in [-0.15, -0.1) is 4.41 Å². The summed E-state index contributed by atoms with van der Waals surface area (Å²) in [4.78, 5) is 14.2. The zero-order valence-electron chi connectivity index (χ0n) is 12.5. The first-order valence-electron chi connectivity index (χ1n) is 6.52. The molecule has 0 atom stereocenters. The molecule has 3 N–H and O–H groups in total. The van der Waals surface area contributed by atoms with Crippen molar-refractivity contribution in [1.82, 2.24) is 9.40 Å². The molecule has 0 aliphatic heterocycles. The summed E-state index contributed by atoms with van der Waals surface area (Å²) in [5.41, 5.74) is 5.73. The van der Waals surface area contributed by atoms with E-state index in [4.69, 9.17) is 17.3 Å². The molecule has 0 aliphatic rings. The van der Waals surface area contributed by atoms with Crippen molar-refractivity contribution in [2.24, 2.45) is 5.73 Å². The normalized spacial score (nSPS) is 11.9. The van der Waals surface area contributed by atoms with Crippen molar-refractivity contribution in [3.63, 3.8) is 0 Å². The van der Waals surface area contributed by atoms with Gasteiger partial charge in [-0.05, 0) is 24.3 Å².